The number of hydrogen-bond acceptors (Lipinski definition) is 1. The Balaban J connectivity index is 2.17. The molecule has 0 atom stereocenters. The Kier molecular flexibility index (Phi) is 6.77. The van der Waals surface area contributed by atoms with E-state index in [1.54, 1.807) is 0 Å². The molecule has 2 heteroatoms. The van der Waals surface area contributed by atoms with E-state index in [1.807, 2.05) is 0 Å². The van der Waals surface area contributed by atoms with Gasteiger partial charge in [0.1, 0.15) is 0 Å². The van der Waals surface area contributed by atoms with Crippen molar-refractivity contribution in [3.05, 3.63) is 0 Å². The van der Waals surface area contributed by atoms with E-state index in [1.165, 1.54) is 32.1 Å². The summed E-state index contributed by atoms with van der Waals surface area (Å²) in [4.78, 5) is 11.8. The Bertz CT molecular complexity index is 259. The van der Waals surface area contributed by atoms with E-state index < -0.39 is 0 Å². The molecule has 1 saturated carbocycles. The SMILES string of the molecule is C#CCCNC(=O)C1CCC(CCCC)CC1. The summed E-state index contributed by atoms with van der Waals surface area (Å²) < 4.78 is 0. The summed E-state index contributed by atoms with van der Waals surface area (Å²) in [6.45, 7) is 2.87. The third kappa shape index (κ3) is 5.26. The molecule has 1 amide bonds. The van der Waals surface area contributed by atoms with Crippen molar-refractivity contribution in [1.29, 1.82) is 0 Å². The Morgan fingerprint density at radius 1 is 1.35 bits per heavy atom. The standard InChI is InChI=1S/C15H25NO/c1-3-5-7-13-8-10-14(11-9-13)15(17)16-12-6-4-2/h2,13-14H,3,5-12H2,1H3,(H,16,17). The van der Waals surface area contributed by atoms with Gasteiger partial charge in [-0.2, -0.15) is 0 Å². The number of terminal acetylenes is 1. The molecule has 1 rings (SSSR count). The largest absolute Gasteiger partial charge is 0.355 e. The van der Waals surface area contributed by atoms with E-state index in [4.69, 9.17) is 6.42 Å². The monoisotopic (exact) mass is 235 g/mol. The van der Waals surface area contributed by atoms with Crippen molar-refractivity contribution in [1.82, 2.24) is 5.32 Å². The third-order valence-electron chi connectivity index (χ3n) is 3.75. The lowest BCUT2D eigenvalue weighted by molar-refractivity contribution is -0.126. The number of carbonyl (C=O) groups excluding carboxylic acids is 1. The second-order valence-electron chi connectivity index (χ2n) is 5.11. The first kappa shape index (κ1) is 14.1. The van der Waals surface area contributed by atoms with Crippen molar-refractivity contribution >= 4 is 5.91 Å². The summed E-state index contributed by atoms with van der Waals surface area (Å²) in [6, 6.07) is 0. The highest BCUT2D eigenvalue weighted by Gasteiger charge is 2.25. The predicted molar refractivity (Wildman–Crippen MR) is 71.4 cm³/mol. The molecular weight excluding hydrogens is 210 g/mol. The van der Waals surface area contributed by atoms with E-state index in [-0.39, 0.29) is 11.8 Å². The second-order valence-corrected chi connectivity index (χ2v) is 5.11. The highest BCUT2D eigenvalue weighted by molar-refractivity contribution is 5.78. The van der Waals surface area contributed by atoms with Gasteiger partial charge in [0.25, 0.3) is 0 Å². The third-order valence-corrected chi connectivity index (χ3v) is 3.75. The van der Waals surface area contributed by atoms with E-state index >= 15 is 0 Å². The summed E-state index contributed by atoms with van der Waals surface area (Å²) in [7, 11) is 0. The average Bonchev–Trinajstić information content (AvgIpc) is 2.37. The van der Waals surface area contributed by atoms with Gasteiger partial charge in [0.2, 0.25) is 5.91 Å². The minimum atomic E-state index is 0.217. The lowest BCUT2D eigenvalue weighted by Gasteiger charge is -2.27. The maximum absolute atomic E-state index is 11.8. The predicted octanol–water partition coefficient (Wildman–Crippen LogP) is 3.12. The van der Waals surface area contributed by atoms with Gasteiger partial charge in [-0.15, -0.1) is 12.3 Å². The smallest absolute Gasteiger partial charge is 0.223 e. The number of hydrogen-bond donors (Lipinski definition) is 1. The quantitative estimate of drug-likeness (QED) is 0.556. The van der Waals surface area contributed by atoms with Crippen molar-refractivity contribution in [2.75, 3.05) is 6.54 Å². The first-order valence-corrected chi connectivity index (χ1v) is 6.99. The topological polar surface area (TPSA) is 29.1 Å². The molecule has 1 aliphatic carbocycles. The molecule has 0 aromatic rings. The fraction of sp³-hybridized carbons (Fsp3) is 0.800. The Morgan fingerprint density at radius 3 is 2.65 bits per heavy atom. The maximum Gasteiger partial charge on any atom is 0.223 e. The van der Waals surface area contributed by atoms with Crippen LogP contribution >= 0.6 is 0 Å². The fourth-order valence-corrected chi connectivity index (χ4v) is 2.61. The number of rotatable bonds is 6. The normalized spacial score (nSPS) is 24.0. The Labute approximate surface area is 106 Å². The summed E-state index contributed by atoms with van der Waals surface area (Å²) in [5.41, 5.74) is 0. The zero-order valence-electron chi connectivity index (χ0n) is 11.0. The van der Waals surface area contributed by atoms with Crippen LogP contribution < -0.4 is 5.32 Å². The van der Waals surface area contributed by atoms with Crippen LogP contribution in [-0.4, -0.2) is 12.5 Å². The van der Waals surface area contributed by atoms with Crippen LogP contribution in [0, 0.1) is 24.2 Å². The van der Waals surface area contributed by atoms with Crippen LogP contribution in [0.15, 0.2) is 0 Å². The number of amides is 1. The van der Waals surface area contributed by atoms with Crippen LogP contribution in [-0.2, 0) is 4.79 Å². The fourth-order valence-electron chi connectivity index (χ4n) is 2.61. The van der Waals surface area contributed by atoms with Crippen LogP contribution in [0.1, 0.15) is 58.3 Å². The van der Waals surface area contributed by atoms with Crippen molar-refractivity contribution in [2.24, 2.45) is 11.8 Å². The molecule has 0 radical (unpaired) electrons. The van der Waals surface area contributed by atoms with Gasteiger partial charge in [0.05, 0.1) is 0 Å². The Hall–Kier alpha value is -0.970. The molecule has 0 bridgehead atoms. The minimum absolute atomic E-state index is 0.217. The molecule has 0 aliphatic heterocycles. The molecule has 1 N–H and O–H groups in total. The van der Waals surface area contributed by atoms with Gasteiger partial charge >= 0.3 is 0 Å². The van der Waals surface area contributed by atoms with Gasteiger partial charge in [-0.3, -0.25) is 4.79 Å². The van der Waals surface area contributed by atoms with E-state index in [9.17, 15) is 4.79 Å². The molecule has 1 aliphatic rings. The Morgan fingerprint density at radius 2 is 2.06 bits per heavy atom. The lowest BCUT2D eigenvalue weighted by Crippen LogP contribution is -2.33. The van der Waals surface area contributed by atoms with Gasteiger partial charge in [-0.05, 0) is 31.6 Å². The molecule has 96 valence electrons. The number of nitrogens with one attached hydrogen (secondary N) is 1. The van der Waals surface area contributed by atoms with Crippen molar-refractivity contribution in [2.45, 2.75) is 58.3 Å². The van der Waals surface area contributed by atoms with Crippen molar-refractivity contribution in [3.63, 3.8) is 0 Å². The van der Waals surface area contributed by atoms with Crippen LogP contribution in [0.4, 0.5) is 0 Å². The van der Waals surface area contributed by atoms with Crippen LogP contribution in [0.25, 0.3) is 0 Å². The highest BCUT2D eigenvalue weighted by Crippen LogP contribution is 2.31. The van der Waals surface area contributed by atoms with Gasteiger partial charge in [-0.1, -0.05) is 26.2 Å². The van der Waals surface area contributed by atoms with E-state index in [0.717, 1.165) is 18.8 Å². The maximum atomic E-state index is 11.8. The molecule has 0 saturated heterocycles. The number of carbonyl (C=O) groups is 1. The van der Waals surface area contributed by atoms with Crippen LogP contribution in [0.2, 0.25) is 0 Å². The van der Waals surface area contributed by atoms with Crippen LogP contribution in [0.5, 0.6) is 0 Å². The molecule has 0 aromatic carbocycles. The molecular formula is C15H25NO. The molecule has 2 nitrogen and oxygen atoms in total. The molecule has 1 fully saturated rings. The highest BCUT2D eigenvalue weighted by atomic mass is 16.1. The number of unbranched alkanes of at least 4 members (excludes halogenated alkanes) is 1. The lowest BCUT2D eigenvalue weighted by atomic mass is 9.79. The minimum Gasteiger partial charge on any atom is -0.355 e. The summed E-state index contributed by atoms with van der Waals surface area (Å²) >= 11 is 0. The molecule has 17 heavy (non-hydrogen) atoms. The zero-order valence-corrected chi connectivity index (χ0v) is 11.0. The van der Waals surface area contributed by atoms with E-state index in [2.05, 4.69) is 18.2 Å². The molecule has 0 spiro atoms. The second kappa shape index (κ2) is 8.17. The van der Waals surface area contributed by atoms with Crippen molar-refractivity contribution in [3.8, 4) is 12.3 Å². The molecule has 0 unspecified atom stereocenters. The zero-order chi connectivity index (χ0) is 12.5. The molecule has 0 aromatic heterocycles. The summed E-state index contributed by atoms with van der Waals surface area (Å²) in [5, 5.41) is 2.93. The van der Waals surface area contributed by atoms with Gasteiger partial charge in [0, 0.05) is 18.9 Å². The van der Waals surface area contributed by atoms with Gasteiger partial charge in [0.15, 0.2) is 0 Å². The summed E-state index contributed by atoms with van der Waals surface area (Å²) in [6.07, 6.45) is 14.4. The van der Waals surface area contributed by atoms with E-state index in [0.29, 0.717) is 13.0 Å². The van der Waals surface area contributed by atoms with Gasteiger partial charge < -0.3 is 5.32 Å². The first-order valence-electron chi connectivity index (χ1n) is 6.99. The first-order chi connectivity index (χ1) is 8.27. The average molecular weight is 235 g/mol. The summed E-state index contributed by atoms with van der Waals surface area (Å²) in [5.74, 6) is 3.87. The van der Waals surface area contributed by atoms with Gasteiger partial charge in [-0.25, -0.2) is 0 Å². The van der Waals surface area contributed by atoms with Crippen molar-refractivity contribution < 1.29 is 4.79 Å². The molecule has 0 heterocycles. The van der Waals surface area contributed by atoms with Crippen LogP contribution in [0.3, 0.4) is 0 Å².